The van der Waals surface area contributed by atoms with Crippen LogP contribution >= 0.6 is 11.3 Å². The van der Waals surface area contributed by atoms with Gasteiger partial charge in [0.2, 0.25) is 0 Å². The van der Waals surface area contributed by atoms with Crippen molar-refractivity contribution in [3.8, 4) is 11.6 Å². The number of carbonyl (C=O) groups excluding carboxylic acids is 2. The highest BCUT2D eigenvalue weighted by atomic mass is 32.1. The smallest absolute Gasteiger partial charge is 0.307 e. The van der Waals surface area contributed by atoms with Crippen LogP contribution in [0.15, 0.2) is 53.1 Å². The second-order valence-corrected chi connectivity index (χ2v) is 8.06. The minimum absolute atomic E-state index is 0.0394. The first kappa shape index (κ1) is 20.7. The standard InChI is InChI=1S/C23H21N3O4S/c1-13-19-14(2)24-21(17-10-7-11-30-17)26-23(19)31-20(13)22(28)25-16(12-18(27)29-3)15-8-5-4-6-9-15/h4-11,16H,12H2,1-3H3,(H,25,28). The molecule has 3 aromatic heterocycles. The number of esters is 1. The van der Waals surface area contributed by atoms with Crippen molar-refractivity contribution in [1.82, 2.24) is 15.3 Å². The first-order valence-corrected chi connectivity index (χ1v) is 10.5. The molecule has 4 aromatic rings. The van der Waals surface area contributed by atoms with E-state index in [4.69, 9.17) is 9.15 Å². The van der Waals surface area contributed by atoms with Gasteiger partial charge in [0.1, 0.15) is 4.83 Å². The van der Waals surface area contributed by atoms with Gasteiger partial charge >= 0.3 is 5.97 Å². The highest BCUT2D eigenvalue weighted by Gasteiger charge is 2.24. The summed E-state index contributed by atoms with van der Waals surface area (Å²) in [6.45, 7) is 3.77. The third-order valence-electron chi connectivity index (χ3n) is 5.02. The summed E-state index contributed by atoms with van der Waals surface area (Å²) in [4.78, 5) is 35.5. The average molecular weight is 436 g/mol. The van der Waals surface area contributed by atoms with Crippen molar-refractivity contribution in [1.29, 1.82) is 0 Å². The second-order valence-electron chi connectivity index (χ2n) is 7.06. The third kappa shape index (κ3) is 4.20. The Bertz CT molecular complexity index is 1230. The first-order chi connectivity index (χ1) is 15.0. The predicted molar refractivity (Wildman–Crippen MR) is 118 cm³/mol. The van der Waals surface area contributed by atoms with Crippen LogP contribution in [0, 0.1) is 13.8 Å². The highest BCUT2D eigenvalue weighted by Crippen LogP contribution is 2.33. The number of carbonyl (C=O) groups is 2. The number of ether oxygens (including phenoxy) is 1. The summed E-state index contributed by atoms with van der Waals surface area (Å²) in [7, 11) is 1.33. The lowest BCUT2D eigenvalue weighted by Crippen LogP contribution is -2.30. The molecule has 158 valence electrons. The topological polar surface area (TPSA) is 94.3 Å². The molecule has 0 bridgehead atoms. The van der Waals surface area contributed by atoms with Gasteiger partial charge in [-0.15, -0.1) is 11.3 Å². The van der Waals surface area contributed by atoms with Crippen LogP contribution < -0.4 is 5.32 Å². The molecule has 8 heteroatoms. The van der Waals surface area contributed by atoms with Gasteiger partial charge in [-0.2, -0.15) is 0 Å². The summed E-state index contributed by atoms with van der Waals surface area (Å²) in [6, 6.07) is 12.4. The molecular formula is C23H21N3O4S. The number of rotatable bonds is 6. The summed E-state index contributed by atoms with van der Waals surface area (Å²) in [5.41, 5.74) is 2.42. The molecule has 0 spiro atoms. The molecule has 0 saturated carbocycles. The van der Waals surface area contributed by atoms with Crippen LogP contribution in [-0.2, 0) is 9.53 Å². The molecule has 0 aliphatic carbocycles. The Morgan fingerprint density at radius 2 is 1.90 bits per heavy atom. The van der Waals surface area contributed by atoms with Crippen LogP contribution in [-0.4, -0.2) is 29.0 Å². The van der Waals surface area contributed by atoms with Gasteiger partial charge in [0.15, 0.2) is 11.6 Å². The molecule has 7 nitrogen and oxygen atoms in total. The Hall–Kier alpha value is -3.52. The third-order valence-corrected chi connectivity index (χ3v) is 6.21. The van der Waals surface area contributed by atoms with Gasteiger partial charge in [0.05, 0.1) is 36.4 Å². The number of hydrogen-bond donors (Lipinski definition) is 1. The Kier molecular flexibility index (Phi) is 5.81. The fourth-order valence-corrected chi connectivity index (χ4v) is 4.62. The Morgan fingerprint density at radius 1 is 1.13 bits per heavy atom. The minimum atomic E-state index is -0.503. The molecule has 0 aliphatic rings. The average Bonchev–Trinajstić information content (AvgIpc) is 3.42. The van der Waals surface area contributed by atoms with Gasteiger partial charge in [0.25, 0.3) is 5.91 Å². The summed E-state index contributed by atoms with van der Waals surface area (Å²) in [6.07, 6.45) is 1.61. The number of fused-ring (bicyclic) bond motifs is 1. The van der Waals surface area contributed by atoms with Crippen molar-refractivity contribution in [3.63, 3.8) is 0 Å². The number of nitrogens with zero attached hydrogens (tertiary/aromatic N) is 2. The van der Waals surface area contributed by atoms with Crippen molar-refractivity contribution in [2.24, 2.45) is 0 Å². The summed E-state index contributed by atoms with van der Waals surface area (Å²) >= 11 is 1.30. The Balaban J connectivity index is 1.68. The normalized spacial score (nSPS) is 12.0. The van der Waals surface area contributed by atoms with E-state index in [1.54, 1.807) is 18.4 Å². The van der Waals surface area contributed by atoms with Gasteiger partial charge in [0, 0.05) is 5.39 Å². The molecule has 31 heavy (non-hydrogen) atoms. The highest BCUT2D eigenvalue weighted by molar-refractivity contribution is 7.20. The molecule has 1 amide bonds. The van der Waals surface area contributed by atoms with Gasteiger partial charge in [-0.25, -0.2) is 9.97 Å². The zero-order valence-corrected chi connectivity index (χ0v) is 18.2. The van der Waals surface area contributed by atoms with Crippen LogP contribution in [0.25, 0.3) is 21.8 Å². The maximum absolute atomic E-state index is 13.2. The zero-order chi connectivity index (χ0) is 22.0. The predicted octanol–water partition coefficient (Wildman–Crippen LogP) is 4.60. The van der Waals surface area contributed by atoms with Gasteiger partial charge in [-0.3, -0.25) is 9.59 Å². The van der Waals surface area contributed by atoms with E-state index in [-0.39, 0.29) is 12.3 Å². The number of benzene rings is 1. The minimum Gasteiger partial charge on any atom is -0.469 e. The van der Waals surface area contributed by atoms with E-state index in [0.29, 0.717) is 21.3 Å². The quantitative estimate of drug-likeness (QED) is 0.445. The van der Waals surface area contributed by atoms with E-state index in [2.05, 4.69) is 15.3 Å². The molecule has 1 N–H and O–H groups in total. The number of nitrogens with one attached hydrogen (secondary N) is 1. The van der Waals surface area contributed by atoms with E-state index in [9.17, 15) is 9.59 Å². The summed E-state index contributed by atoms with van der Waals surface area (Å²) < 4.78 is 10.2. The fraction of sp³-hybridized carbons (Fsp3) is 0.217. The number of hydrogen-bond acceptors (Lipinski definition) is 7. The monoisotopic (exact) mass is 435 g/mol. The lowest BCUT2D eigenvalue weighted by Gasteiger charge is -2.18. The van der Waals surface area contributed by atoms with E-state index in [1.807, 2.05) is 44.2 Å². The van der Waals surface area contributed by atoms with E-state index >= 15 is 0 Å². The molecule has 0 radical (unpaired) electrons. The second kappa shape index (κ2) is 8.69. The van der Waals surface area contributed by atoms with Crippen molar-refractivity contribution in [2.45, 2.75) is 26.3 Å². The van der Waals surface area contributed by atoms with Crippen LogP contribution in [0.3, 0.4) is 0 Å². The molecule has 1 atom stereocenters. The first-order valence-electron chi connectivity index (χ1n) is 9.72. The van der Waals surface area contributed by atoms with Crippen molar-refractivity contribution in [2.75, 3.05) is 7.11 Å². The Morgan fingerprint density at radius 3 is 2.58 bits per heavy atom. The van der Waals surface area contributed by atoms with Gasteiger partial charge in [-0.1, -0.05) is 30.3 Å². The fourth-order valence-electron chi connectivity index (χ4n) is 3.48. The maximum Gasteiger partial charge on any atom is 0.307 e. The van der Waals surface area contributed by atoms with Crippen LogP contribution in [0.4, 0.5) is 0 Å². The molecule has 0 aliphatic heterocycles. The van der Waals surface area contributed by atoms with Gasteiger partial charge in [-0.05, 0) is 37.1 Å². The molecule has 4 rings (SSSR count). The number of amides is 1. The van der Waals surface area contributed by atoms with Crippen LogP contribution in [0.2, 0.25) is 0 Å². The van der Waals surface area contributed by atoms with Crippen molar-refractivity contribution < 1.29 is 18.7 Å². The Labute approximate surface area is 183 Å². The van der Waals surface area contributed by atoms with Crippen molar-refractivity contribution >= 4 is 33.4 Å². The number of thiophene rings is 1. The van der Waals surface area contributed by atoms with E-state index in [0.717, 1.165) is 22.2 Å². The van der Waals surface area contributed by atoms with Gasteiger partial charge < -0.3 is 14.5 Å². The van der Waals surface area contributed by atoms with E-state index in [1.165, 1.54) is 18.4 Å². The lowest BCUT2D eigenvalue weighted by atomic mass is 10.0. The van der Waals surface area contributed by atoms with Crippen molar-refractivity contribution in [3.05, 3.63) is 70.4 Å². The molecule has 0 fully saturated rings. The number of furan rings is 1. The van der Waals surface area contributed by atoms with Crippen LogP contribution in [0.5, 0.6) is 0 Å². The molecule has 1 unspecified atom stereocenters. The number of aromatic nitrogens is 2. The lowest BCUT2D eigenvalue weighted by molar-refractivity contribution is -0.141. The zero-order valence-electron chi connectivity index (χ0n) is 17.3. The number of methoxy groups -OCH3 is 1. The van der Waals surface area contributed by atoms with Crippen LogP contribution in [0.1, 0.15) is 39.0 Å². The molecule has 0 saturated heterocycles. The maximum atomic E-state index is 13.2. The van der Waals surface area contributed by atoms with E-state index < -0.39 is 12.0 Å². The molecular weight excluding hydrogens is 414 g/mol. The summed E-state index contributed by atoms with van der Waals surface area (Å²) in [5.74, 6) is 0.393. The number of aryl methyl sites for hydroxylation is 2. The molecule has 3 heterocycles. The summed E-state index contributed by atoms with van der Waals surface area (Å²) in [5, 5.41) is 3.84. The largest absolute Gasteiger partial charge is 0.469 e. The SMILES string of the molecule is COC(=O)CC(NC(=O)c1sc2nc(-c3ccco3)nc(C)c2c1C)c1ccccc1. The molecule has 1 aromatic carbocycles.